The van der Waals surface area contributed by atoms with Gasteiger partial charge in [-0.3, -0.25) is 34.1 Å². The maximum atomic E-state index is 15.1. The van der Waals surface area contributed by atoms with E-state index in [1.165, 1.54) is 24.4 Å². The molecule has 3 aromatic rings. The van der Waals surface area contributed by atoms with Crippen LogP contribution < -0.4 is 4.74 Å². The van der Waals surface area contributed by atoms with Gasteiger partial charge in [0.2, 0.25) is 0 Å². The molecular formula is C55H75F3N6O7. The number of pyridine rings is 1. The van der Waals surface area contributed by atoms with Gasteiger partial charge >= 0.3 is 24.1 Å². The summed E-state index contributed by atoms with van der Waals surface area (Å²) in [7, 11) is 0. The molecule has 0 spiro atoms. The number of alkyl halides is 3. The van der Waals surface area contributed by atoms with E-state index in [2.05, 4.69) is 25.8 Å². The molecule has 2 saturated heterocycles. The van der Waals surface area contributed by atoms with E-state index in [1.54, 1.807) is 26.8 Å². The molecule has 1 aromatic heterocycles. The zero-order valence-corrected chi connectivity index (χ0v) is 43.3. The van der Waals surface area contributed by atoms with E-state index in [9.17, 15) is 19.6 Å². The number of hydrogen-bond acceptors (Lipinski definition) is 13. The molecule has 13 nitrogen and oxygen atoms in total. The first-order valence-electron chi connectivity index (χ1n) is 24.9. The van der Waals surface area contributed by atoms with Crippen molar-refractivity contribution in [2.24, 2.45) is 0 Å². The Morgan fingerprint density at radius 3 is 1.89 bits per heavy atom. The highest BCUT2D eigenvalue weighted by atomic mass is 19.4. The molecule has 5 rings (SSSR count). The first-order chi connectivity index (χ1) is 33.4. The minimum atomic E-state index is -4.75. The van der Waals surface area contributed by atoms with Crippen LogP contribution in [0.1, 0.15) is 129 Å². The molecule has 2 aromatic carbocycles. The van der Waals surface area contributed by atoms with Crippen molar-refractivity contribution in [3.05, 3.63) is 82.7 Å². The molecule has 0 radical (unpaired) electrons. The number of ether oxygens (including phenoxy) is 4. The fraction of sp³-hybridized carbons (Fsp3) is 0.582. The van der Waals surface area contributed by atoms with Gasteiger partial charge in [0.1, 0.15) is 34.7 Å². The standard InChI is InChI=1S/C55H75F3N6O7/c1-52(2,3)69-49(65)38-62-29-27-61(28-30-63(32-31-62)39-50(66)70-53(4,5)6)25-15-11-17-33-68-48-35-41(21-22-46-44(36-59)43(23-24-60-46)40-18-12-10-13-19-40)45(55(56,57)58)34-42(48)37-64-26-16-14-20-47(64)51(67)71-54(7,8)9/h10,12-13,18-19,21-24,34-35,47H,11,14-17,20,25-33,37-39H2,1-9H3/b22-21+/t47-/m0/s1. The van der Waals surface area contributed by atoms with E-state index in [0.717, 1.165) is 43.9 Å². The summed E-state index contributed by atoms with van der Waals surface area (Å²) in [5, 5.41) is 10.2. The summed E-state index contributed by atoms with van der Waals surface area (Å²) in [4.78, 5) is 51.9. The van der Waals surface area contributed by atoms with Crippen molar-refractivity contribution in [1.29, 1.82) is 5.26 Å². The van der Waals surface area contributed by atoms with Gasteiger partial charge in [-0.15, -0.1) is 0 Å². The number of hydrogen-bond donors (Lipinski definition) is 0. The number of piperidine rings is 1. The summed E-state index contributed by atoms with van der Waals surface area (Å²) in [6, 6.07) is 15.1. The quantitative estimate of drug-likeness (QED) is 0.0722. The second-order valence-corrected chi connectivity index (χ2v) is 21.5. The van der Waals surface area contributed by atoms with Gasteiger partial charge in [-0.1, -0.05) is 42.8 Å². The van der Waals surface area contributed by atoms with Crippen LogP contribution in [0.2, 0.25) is 0 Å². The second kappa shape index (κ2) is 25.4. The molecule has 0 amide bonds. The summed E-state index contributed by atoms with van der Waals surface area (Å²) >= 11 is 0. The van der Waals surface area contributed by atoms with Gasteiger partial charge in [0.15, 0.2) is 0 Å². The Bertz CT molecular complexity index is 2270. The summed E-state index contributed by atoms with van der Waals surface area (Å²) in [6.07, 6.45) is 3.81. The fourth-order valence-corrected chi connectivity index (χ4v) is 8.70. The number of benzene rings is 2. The highest BCUT2D eigenvalue weighted by Crippen LogP contribution is 2.39. The number of halogens is 3. The topological polar surface area (TPSA) is 138 Å². The third kappa shape index (κ3) is 19.0. The van der Waals surface area contributed by atoms with E-state index in [4.69, 9.17) is 18.9 Å². The molecule has 0 bridgehead atoms. The molecule has 388 valence electrons. The van der Waals surface area contributed by atoms with Gasteiger partial charge in [-0.25, -0.2) is 0 Å². The maximum Gasteiger partial charge on any atom is 0.417 e. The van der Waals surface area contributed by atoms with E-state index in [-0.39, 0.29) is 60.8 Å². The number of likely N-dealkylation sites (tertiary alicyclic amines) is 1. The van der Waals surface area contributed by atoms with Gasteiger partial charge in [0.05, 0.1) is 36.5 Å². The normalized spacial score (nSPS) is 17.5. The Balaban J connectivity index is 1.35. The van der Waals surface area contributed by atoms with Gasteiger partial charge in [0, 0.05) is 63.1 Å². The number of aromatic nitrogens is 1. The minimum absolute atomic E-state index is 0.0381. The Morgan fingerprint density at radius 1 is 0.732 bits per heavy atom. The van der Waals surface area contributed by atoms with Gasteiger partial charge < -0.3 is 23.8 Å². The molecule has 2 aliphatic rings. The molecular weight excluding hydrogens is 914 g/mol. The number of carbonyl (C=O) groups is 3. The fourth-order valence-electron chi connectivity index (χ4n) is 8.70. The zero-order valence-electron chi connectivity index (χ0n) is 43.3. The monoisotopic (exact) mass is 989 g/mol. The molecule has 2 aliphatic heterocycles. The number of nitrogens with zero attached hydrogens (tertiary/aromatic N) is 6. The SMILES string of the molecule is CC(C)(C)OC(=O)CN1CCN(CCCCCOc2cc(/C=C/c3nccc(-c4ccccc4)c3C#N)c(C(F)(F)F)cc2CN2CCCC[C@H]2C(=O)OC(C)(C)C)CCN(CC(=O)OC(C)(C)C)CC1. The first-order valence-corrected chi connectivity index (χ1v) is 24.9. The van der Waals surface area contributed by atoms with Crippen LogP contribution in [0, 0.1) is 11.3 Å². The number of nitriles is 1. The molecule has 0 N–H and O–H groups in total. The van der Waals surface area contributed by atoms with Crippen molar-refractivity contribution < 1.29 is 46.5 Å². The van der Waals surface area contributed by atoms with E-state index in [1.807, 2.05) is 76.8 Å². The number of unbranched alkanes of at least 4 members (excludes halogenated alkanes) is 2. The molecule has 3 heterocycles. The minimum Gasteiger partial charge on any atom is -0.493 e. The van der Waals surface area contributed by atoms with Gasteiger partial charge in [0.25, 0.3) is 0 Å². The molecule has 16 heteroatoms. The first kappa shape index (κ1) is 56.6. The van der Waals surface area contributed by atoms with Crippen LogP contribution in [-0.2, 0) is 41.3 Å². The van der Waals surface area contributed by atoms with Crippen LogP contribution in [0.15, 0.2) is 54.7 Å². The van der Waals surface area contributed by atoms with Crippen molar-refractivity contribution >= 4 is 30.1 Å². The average Bonchev–Trinajstić information content (AvgIpc) is 3.35. The van der Waals surface area contributed by atoms with Gasteiger partial charge in [-0.05, 0) is 143 Å². The Hall–Kier alpha value is -5.34. The van der Waals surface area contributed by atoms with Crippen molar-refractivity contribution in [3.63, 3.8) is 0 Å². The highest BCUT2D eigenvalue weighted by Gasteiger charge is 2.37. The summed E-state index contributed by atoms with van der Waals surface area (Å²) in [6.45, 7) is 22.0. The molecule has 0 aliphatic carbocycles. The summed E-state index contributed by atoms with van der Waals surface area (Å²) < 4.78 is 68.7. The van der Waals surface area contributed by atoms with E-state index in [0.29, 0.717) is 69.8 Å². The predicted octanol–water partition coefficient (Wildman–Crippen LogP) is 9.66. The van der Waals surface area contributed by atoms with Crippen molar-refractivity contribution in [2.45, 2.75) is 136 Å². The van der Waals surface area contributed by atoms with Crippen LogP contribution in [0.3, 0.4) is 0 Å². The average molecular weight is 989 g/mol. The van der Waals surface area contributed by atoms with Crippen molar-refractivity contribution in [1.82, 2.24) is 24.6 Å². The largest absolute Gasteiger partial charge is 0.493 e. The lowest BCUT2D eigenvalue weighted by Crippen LogP contribution is -2.46. The summed E-state index contributed by atoms with van der Waals surface area (Å²) in [5.74, 6) is -0.749. The molecule has 1 atom stereocenters. The van der Waals surface area contributed by atoms with E-state index >= 15 is 13.2 Å². The third-order valence-corrected chi connectivity index (χ3v) is 11.9. The molecule has 0 saturated carbocycles. The Kier molecular flexibility index (Phi) is 20.2. The lowest BCUT2D eigenvalue weighted by atomic mass is 9.97. The lowest BCUT2D eigenvalue weighted by Gasteiger charge is -2.36. The highest BCUT2D eigenvalue weighted by molar-refractivity contribution is 5.80. The van der Waals surface area contributed by atoms with Crippen LogP contribution in [-0.4, -0.2) is 137 Å². The smallest absolute Gasteiger partial charge is 0.417 e. The number of rotatable bonds is 17. The van der Waals surface area contributed by atoms with Crippen LogP contribution in [0.5, 0.6) is 5.75 Å². The molecule has 0 unspecified atom stereocenters. The van der Waals surface area contributed by atoms with Crippen LogP contribution in [0.4, 0.5) is 13.2 Å². The van der Waals surface area contributed by atoms with Gasteiger partial charge in [-0.2, -0.15) is 18.4 Å². The number of carbonyl (C=O) groups excluding carboxylic acids is 3. The van der Waals surface area contributed by atoms with Crippen LogP contribution >= 0.6 is 0 Å². The molecule has 2 fully saturated rings. The van der Waals surface area contributed by atoms with Crippen molar-refractivity contribution in [3.8, 4) is 22.9 Å². The predicted molar refractivity (Wildman–Crippen MR) is 269 cm³/mol. The van der Waals surface area contributed by atoms with E-state index < -0.39 is 40.6 Å². The van der Waals surface area contributed by atoms with Crippen LogP contribution in [0.25, 0.3) is 23.3 Å². The summed E-state index contributed by atoms with van der Waals surface area (Å²) in [5.41, 5.74) is -0.834. The zero-order chi connectivity index (χ0) is 52.0. The third-order valence-electron chi connectivity index (χ3n) is 11.9. The Labute approximate surface area is 419 Å². The lowest BCUT2D eigenvalue weighted by molar-refractivity contribution is -0.163. The maximum absolute atomic E-state index is 15.1. The Morgan fingerprint density at radius 2 is 1.32 bits per heavy atom. The second-order valence-electron chi connectivity index (χ2n) is 21.5. The molecule has 71 heavy (non-hydrogen) atoms. The van der Waals surface area contributed by atoms with Crippen molar-refractivity contribution in [2.75, 3.05) is 72.1 Å². The number of esters is 3.